The van der Waals surface area contributed by atoms with E-state index in [1.54, 1.807) is 38.1 Å². The Hall–Kier alpha value is -1.88. The first-order valence-corrected chi connectivity index (χ1v) is 7.02. The van der Waals surface area contributed by atoms with Gasteiger partial charge in [0.05, 0.1) is 13.2 Å². The van der Waals surface area contributed by atoms with Gasteiger partial charge in [0.2, 0.25) is 0 Å². The molecule has 0 aliphatic carbocycles. The second-order valence-electron chi connectivity index (χ2n) is 4.46. The molecule has 0 unspecified atom stereocenters. The molecule has 1 rings (SSSR count). The summed E-state index contributed by atoms with van der Waals surface area (Å²) in [6.45, 7) is 4.04. The van der Waals surface area contributed by atoms with Crippen LogP contribution in [0.2, 0.25) is 0 Å². The van der Waals surface area contributed by atoms with Gasteiger partial charge in [-0.2, -0.15) is 0 Å². The number of esters is 2. The average molecular weight is 294 g/mol. The first-order chi connectivity index (χ1) is 10.1. The summed E-state index contributed by atoms with van der Waals surface area (Å²) in [4.78, 5) is 25.0. The molecule has 0 aliphatic heterocycles. The third-order valence-electron chi connectivity index (χ3n) is 3.20. The molecule has 1 aromatic carbocycles. The summed E-state index contributed by atoms with van der Waals surface area (Å²) in [5.74, 6) is -1.21. The van der Waals surface area contributed by atoms with Crippen molar-refractivity contribution in [2.24, 2.45) is 0 Å². The molecular weight excluding hydrogens is 272 g/mol. The Kier molecular flexibility index (Phi) is 6.88. The van der Waals surface area contributed by atoms with Crippen LogP contribution in [0.5, 0.6) is 0 Å². The number of benzene rings is 1. The maximum absolute atomic E-state index is 12.5. The van der Waals surface area contributed by atoms with Gasteiger partial charge in [0.15, 0.2) is 5.41 Å². The van der Waals surface area contributed by atoms with Crippen LogP contribution in [0.25, 0.3) is 0 Å². The highest BCUT2D eigenvalue weighted by Gasteiger charge is 2.50. The monoisotopic (exact) mass is 294 g/mol. The second kappa shape index (κ2) is 8.42. The maximum Gasteiger partial charge on any atom is 0.328 e. The van der Waals surface area contributed by atoms with Crippen molar-refractivity contribution in [3.63, 3.8) is 0 Å². The second-order valence-corrected chi connectivity index (χ2v) is 4.46. The molecule has 0 fully saturated rings. The third-order valence-corrected chi connectivity index (χ3v) is 3.20. The van der Waals surface area contributed by atoms with Crippen LogP contribution in [0.1, 0.15) is 25.8 Å². The van der Waals surface area contributed by atoms with Crippen molar-refractivity contribution in [1.82, 2.24) is 0 Å². The van der Waals surface area contributed by atoms with Crippen molar-refractivity contribution in [1.29, 1.82) is 0 Å². The van der Waals surface area contributed by atoms with Crippen molar-refractivity contribution >= 4 is 11.9 Å². The fourth-order valence-corrected chi connectivity index (χ4v) is 2.15. The first-order valence-electron chi connectivity index (χ1n) is 7.02. The molecule has 0 aromatic heterocycles. The Labute approximate surface area is 125 Å². The quantitative estimate of drug-likeness (QED) is 0.542. The normalized spacial score (nSPS) is 11.0. The summed E-state index contributed by atoms with van der Waals surface area (Å²) >= 11 is 0. The molecule has 0 bridgehead atoms. The summed E-state index contributed by atoms with van der Waals surface area (Å²) in [5, 5.41) is 0. The molecule has 0 spiro atoms. The highest BCUT2D eigenvalue weighted by molar-refractivity contribution is 6.06. The van der Waals surface area contributed by atoms with Gasteiger partial charge in [0.25, 0.3) is 0 Å². The van der Waals surface area contributed by atoms with E-state index in [1.807, 2.05) is 6.07 Å². The van der Waals surface area contributed by atoms with Gasteiger partial charge in [-0.3, -0.25) is 9.59 Å². The van der Waals surface area contributed by atoms with E-state index in [-0.39, 0.29) is 26.2 Å². The zero-order valence-electron chi connectivity index (χ0n) is 12.8. The Morgan fingerprint density at radius 1 is 1.00 bits per heavy atom. The molecule has 1 aromatic rings. The summed E-state index contributed by atoms with van der Waals surface area (Å²) < 4.78 is 15.3. The highest BCUT2D eigenvalue weighted by atomic mass is 16.6. The first kappa shape index (κ1) is 17.2. The summed E-state index contributed by atoms with van der Waals surface area (Å²) in [6, 6.07) is 8.82. The molecule has 5 nitrogen and oxygen atoms in total. The fraction of sp³-hybridized carbons (Fsp3) is 0.500. The topological polar surface area (TPSA) is 61.8 Å². The zero-order chi connectivity index (χ0) is 15.7. The number of carbonyl (C=O) groups excluding carboxylic acids is 2. The molecule has 0 aliphatic rings. The molecule has 21 heavy (non-hydrogen) atoms. The Balaban J connectivity index is 3.32. The van der Waals surface area contributed by atoms with Gasteiger partial charge in [-0.1, -0.05) is 30.3 Å². The number of rotatable bonds is 8. The van der Waals surface area contributed by atoms with Crippen molar-refractivity contribution in [3.8, 4) is 0 Å². The van der Waals surface area contributed by atoms with E-state index in [0.29, 0.717) is 5.56 Å². The molecule has 0 N–H and O–H groups in total. The van der Waals surface area contributed by atoms with Gasteiger partial charge >= 0.3 is 11.9 Å². The average Bonchev–Trinajstić information content (AvgIpc) is 2.50. The van der Waals surface area contributed by atoms with E-state index in [4.69, 9.17) is 14.2 Å². The van der Waals surface area contributed by atoms with E-state index < -0.39 is 17.4 Å². The van der Waals surface area contributed by atoms with Gasteiger partial charge in [-0.15, -0.1) is 0 Å². The highest BCUT2D eigenvalue weighted by Crippen LogP contribution is 2.32. The number of methoxy groups -OCH3 is 1. The minimum absolute atomic E-state index is 0.172. The smallest absolute Gasteiger partial charge is 0.328 e. The van der Waals surface area contributed by atoms with Crippen LogP contribution in [0, 0.1) is 0 Å². The van der Waals surface area contributed by atoms with Crippen LogP contribution >= 0.6 is 0 Å². The van der Waals surface area contributed by atoms with Crippen molar-refractivity contribution in [2.45, 2.75) is 25.7 Å². The minimum atomic E-state index is -1.48. The Morgan fingerprint density at radius 2 is 1.52 bits per heavy atom. The minimum Gasteiger partial charge on any atom is -0.465 e. The van der Waals surface area contributed by atoms with Crippen LogP contribution in [-0.4, -0.2) is 38.9 Å². The van der Waals surface area contributed by atoms with Gasteiger partial charge in [-0.05, 0) is 19.4 Å². The molecule has 116 valence electrons. The lowest BCUT2D eigenvalue weighted by Crippen LogP contribution is -2.47. The maximum atomic E-state index is 12.5. The molecule has 5 heteroatoms. The summed E-state index contributed by atoms with van der Waals surface area (Å²) in [7, 11) is 1.52. The molecule has 0 amide bonds. The third kappa shape index (κ3) is 3.82. The van der Waals surface area contributed by atoms with Crippen molar-refractivity contribution in [2.75, 3.05) is 26.9 Å². The molecule has 0 heterocycles. The lowest BCUT2D eigenvalue weighted by Gasteiger charge is -2.29. The zero-order valence-corrected chi connectivity index (χ0v) is 12.8. The van der Waals surface area contributed by atoms with Gasteiger partial charge in [0, 0.05) is 20.1 Å². The van der Waals surface area contributed by atoms with Crippen LogP contribution < -0.4 is 0 Å². The van der Waals surface area contributed by atoms with E-state index in [9.17, 15) is 9.59 Å². The number of carbonyl (C=O) groups is 2. The fourth-order valence-electron chi connectivity index (χ4n) is 2.15. The van der Waals surface area contributed by atoms with E-state index in [2.05, 4.69) is 0 Å². The van der Waals surface area contributed by atoms with E-state index >= 15 is 0 Å². The lowest BCUT2D eigenvalue weighted by molar-refractivity contribution is -0.166. The standard InChI is InChI=1S/C16H22O5/c1-4-20-14(17)16(11-12-19-3,15(18)21-5-2)13-9-7-6-8-10-13/h6-10H,4-5,11-12H2,1-3H3. The van der Waals surface area contributed by atoms with Crippen molar-refractivity contribution in [3.05, 3.63) is 35.9 Å². The molecule has 0 radical (unpaired) electrons. The number of hydrogen-bond acceptors (Lipinski definition) is 5. The van der Waals surface area contributed by atoms with E-state index in [1.165, 1.54) is 7.11 Å². The molecule has 0 saturated heterocycles. The van der Waals surface area contributed by atoms with Crippen molar-refractivity contribution < 1.29 is 23.8 Å². The van der Waals surface area contributed by atoms with Crippen LogP contribution in [0.4, 0.5) is 0 Å². The van der Waals surface area contributed by atoms with Gasteiger partial charge < -0.3 is 14.2 Å². The molecule has 0 saturated carbocycles. The van der Waals surface area contributed by atoms with E-state index in [0.717, 1.165) is 0 Å². The van der Waals surface area contributed by atoms with Crippen LogP contribution in [-0.2, 0) is 29.2 Å². The Bertz CT molecular complexity index is 437. The lowest BCUT2D eigenvalue weighted by atomic mass is 9.77. The van der Waals surface area contributed by atoms with Crippen LogP contribution in [0.15, 0.2) is 30.3 Å². The number of ether oxygens (including phenoxy) is 3. The predicted octanol–water partition coefficient (Wildman–Crippen LogP) is 2.09. The van der Waals surface area contributed by atoms with Gasteiger partial charge in [-0.25, -0.2) is 0 Å². The number of hydrogen-bond donors (Lipinski definition) is 0. The SMILES string of the molecule is CCOC(=O)C(CCOC)(C(=O)OCC)c1ccccc1. The Morgan fingerprint density at radius 3 is 1.95 bits per heavy atom. The molecule has 0 atom stereocenters. The van der Waals surface area contributed by atoms with Crippen LogP contribution in [0.3, 0.4) is 0 Å². The largest absolute Gasteiger partial charge is 0.465 e. The van der Waals surface area contributed by atoms with Gasteiger partial charge in [0.1, 0.15) is 0 Å². The summed E-state index contributed by atoms with van der Waals surface area (Å²) in [6.07, 6.45) is 0.172. The predicted molar refractivity (Wildman–Crippen MR) is 77.9 cm³/mol. The summed E-state index contributed by atoms with van der Waals surface area (Å²) in [5.41, 5.74) is -0.928. The molecular formula is C16H22O5.